The summed E-state index contributed by atoms with van der Waals surface area (Å²) < 4.78 is 10.5. The van der Waals surface area contributed by atoms with Crippen LogP contribution in [0.3, 0.4) is 0 Å². The molecule has 2 aromatic carbocycles. The molecule has 0 radical (unpaired) electrons. The second kappa shape index (κ2) is 8.89. The van der Waals surface area contributed by atoms with Crippen molar-refractivity contribution in [3.63, 3.8) is 0 Å². The van der Waals surface area contributed by atoms with Crippen LogP contribution >= 0.6 is 0 Å². The van der Waals surface area contributed by atoms with Crippen molar-refractivity contribution in [2.45, 2.75) is 33.8 Å². The maximum Gasteiger partial charge on any atom is 0.411 e. The Morgan fingerprint density at radius 2 is 1.62 bits per heavy atom. The van der Waals surface area contributed by atoms with E-state index in [9.17, 15) is 9.59 Å². The van der Waals surface area contributed by atoms with Crippen molar-refractivity contribution < 1.29 is 19.1 Å². The number of carbonyl (C=O) groups is 2. The first-order chi connectivity index (χ1) is 12.4. The SMILES string of the molecule is CCOC(=O)Nc1cccc(NC(=O)C(C)Oc2ccc(C)cc2)c1C. The fraction of sp³-hybridized carbons (Fsp3) is 0.300. The summed E-state index contributed by atoms with van der Waals surface area (Å²) in [7, 11) is 0. The summed E-state index contributed by atoms with van der Waals surface area (Å²) in [6, 6.07) is 12.8. The highest BCUT2D eigenvalue weighted by atomic mass is 16.5. The molecule has 0 aliphatic carbocycles. The predicted octanol–water partition coefficient (Wildman–Crippen LogP) is 4.28. The zero-order chi connectivity index (χ0) is 19.1. The number of rotatable bonds is 6. The van der Waals surface area contributed by atoms with E-state index in [-0.39, 0.29) is 12.5 Å². The van der Waals surface area contributed by atoms with Crippen molar-refractivity contribution in [3.8, 4) is 5.75 Å². The van der Waals surface area contributed by atoms with E-state index in [4.69, 9.17) is 9.47 Å². The maximum absolute atomic E-state index is 12.4. The van der Waals surface area contributed by atoms with Crippen LogP contribution in [0.2, 0.25) is 0 Å². The van der Waals surface area contributed by atoms with E-state index in [0.29, 0.717) is 17.1 Å². The Bertz CT molecular complexity index is 772. The van der Waals surface area contributed by atoms with Crippen LogP contribution in [-0.4, -0.2) is 24.7 Å². The first kappa shape index (κ1) is 19.3. The molecule has 0 heterocycles. The van der Waals surface area contributed by atoms with Gasteiger partial charge in [0, 0.05) is 11.4 Å². The van der Waals surface area contributed by atoms with Crippen molar-refractivity contribution in [1.29, 1.82) is 0 Å². The fourth-order valence-corrected chi connectivity index (χ4v) is 2.29. The Hall–Kier alpha value is -3.02. The van der Waals surface area contributed by atoms with Gasteiger partial charge in [-0.2, -0.15) is 0 Å². The lowest BCUT2D eigenvalue weighted by Crippen LogP contribution is -2.30. The van der Waals surface area contributed by atoms with Gasteiger partial charge in [-0.05, 0) is 57.5 Å². The molecule has 2 aromatic rings. The summed E-state index contributed by atoms with van der Waals surface area (Å²) in [5, 5.41) is 5.49. The molecule has 0 spiro atoms. The number of anilines is 2. The summed E-state index contributed by atoms with van der Waals surface area (Å²) in [5.74, 6) is 0.356. The molecule has 0 saturated heterocycles. The molecule has 0 aliphatic rings. The van der Waals surface area contributed by atoms with E-state index in [1.807, 2.05) is 38.1 Å². The van der Waals surface area contributed by atoms with Gasteiger partial charge in [0.15, 0.2) is 6.10 Å². The number of amides is 2. The molecule has 6 nitrogen and oxygen atoms in total. The molecule has 0 aromatic heterocycles. The van der Waals surface area contributed by atoms with Crippen LogP contribution in [0.5, 0.6) is 5.75 Å². The van der Waals surface area contributed by atoms with E-state index in [1.165, 1.54) is 0 Å². The summed E-state index contributed by atoms with van der Waals surface area (Å²) in [6.07, 6.45) is -1.20. The minimum atomic E-state index is -0.668. The molecule has 2 rings (SSSR count). The lowest BCUT2D eigenvalue weighted by atomic mass is 10.1. The molecule has 138 valence electrons. The summed E-state index contributed by atoms with van der Waals surface area (Å²) in [4.78, 5) is 24.0. The second-order valence-electron chi connectivity index (χ2n) is 5.89. The first-order valence-electron chi connectivity index (χ1n) is 8.48. The summed E-state index contributed by atoms with van der Waals surface area (Å²) in [6.45, 7) is 7.50. The third-order valence-electron chi connectivity index (χ3n) is 3.81. The van der Waals surface area contributed by atoms with Gasteiger partial charge in [-0.25, -0.2) is 4.79 Å². The van der Waals surface area contributed by atoms with Crippen molar-refractivity contribution in [2.24, 2.45) is 0 Å². The highest BCUT2D eigenvalue weighted by Crippen LogP contribution is 2.24. The molecule has 1 atom stereocenters. The van der Waals surface area contributed by atoms with Crippen molar-refractivity contribution in [3.05, 3.63) is 53.6 Å². The van der Waals surface area contributed by atoms with Crippen molar-refractivity contribution in [2.75, 3.05) is 17.2 Å². The smallest absolute Gasteiger partial charge is 0.411 e. The van der Waals surface area contributed by atoms with E-state index in [2.05, 4.69) is 10.6 Å². The lowest BCUT2D eigenvalue weighted by Gasteiger charge is -2.17. The van der Waals surface area contributed by atoms with E-state index >= 15 is 0 Å². The van der Waals surface area contributed by atoms with Crippen molar-refractivity contribution >= 4 is 23.4 Å². The third-order valence-corrected chi connectivity index (χ3v) is 3.81. The molecule has 1 unspecified atom stereocenters. The lowest BCUT2D eigenvalue weighted by molar-refractivity contribution is -0.122. The van der Waals surface area contributed by atoms with Gasteiger partial charge in [0.05, 0.1) is 6.61 Å². The zero-order valence-corrected chi connectivity index (χ0v) is 15.5. The van der Waals surface area contributed by atoms with Crippen LogP contribution in [-0.2, 0) is 9.53 Å². The predicted molar refractivity (Wildman–Crippen MR) is 102 cm³/mol. The van der Waals surface area contributed by atoms with Crippen LogP contribution in [0.15, 0.2) is 42.5 Å². The third kappa shape index (κ3) is 5.24. The van der Waals surface area contributed by atoms with E-state index < -0.39 is 12.2 Å². The van der Waals surface area contributed by atoms with Crippen molar-refractivity contribution in [1.82, 2.24) is 0 Å². The molecular formula is C20H24N2O4. The zero-order valence-electron chi connectivity index (χ0n) is 15.5. The van der Waals surface area contributed by atoms with Crippen LogP contribution in [0, 0.1) is 13.8 Å². The summed E-state index contributed by atoms with van der Waals surface area (Å²) in [5.41, 5.74) is 3.03. The van der Waals surface area contributed by atoms with Gasteiger partial charge >= 0.3 is 6.09 Å². The van der Waals surface area contributed by atoms with Gasteiger partial charge in [0.25, 0.3) is 5.91 Å². The first-order valence-corrected chi connectivity index (χ1v) is 8.48. The molecule has 26 heavy (non-hydrogen) atoms. The Balaban J connectivity index is 2.03. The topological polar surface area (TPSA) is 76.7 Å². The van der Waals surface area contributed by atoms with Gasteiger partial charge in [0.2, 0.25) is 0 Å². The van der Waals surface area contributed by atoms with Crippen LogP contribution in [0.25, 0.3) is 0 Å². The molecule has 2 amide bonds. The number of ether oxygens (including phenoxy) is 2. The Kier molecular flexibility index (Phi) is 6.60. The average molecular weight is 356 g/mol. The molecular weight excluding hydrogens is 332 g/mol. The van der Waals surface area contributed by atoms with Gasteiger partial charge in [-0.1, -0.05) is 23.8 Å². The van der Waals surface area contributed by atoms with Crippen LogP contribution < -0.4 is 15.4 Å². The molecule has 0 aliphatic heterocycles. The number of hydrogen-bond acceptors (Lipinski definition) is 4. The van der Waals surface area contributed by atoms with Crippen LogP contribution in [0.4, 0.5) is 16.2 Å². The number of hydrogen-bond donors (Lipinski definition) is 2. The molecule has 6 heteroatoms. The minimum Gasteiger partial charge on any atom is -0.481 e. The van der Waals surface area contributed by atoms with Gasteiger partial charge < -0.3 is 14.8 Å². The number of nitrogens with one attached hydrogen (secondary N) is 2. The quantitative estimate of drug-likeness (QED) is 0.810. The van der Waals surface area contributed by atoms with Gasteiger partial charge in [-0.3, -0.25) is 10.1 Å². The normalized spacial score (nSPS) is 11.4. The van der Waals surface area contributed by atoms with Crippen LogP contribution in [0.1, 0.15) is 25.0 Å². The monoisotopic (exact) mass is 356 g/mol. The molecule has 0 saturated carbocycles. The van der Waals surface area contributed by atoms with E-state index in [0.717, 1.165) is 11.1 Å². The number of aryl methyl sites for hydroxylation is 1. The minimum absolute atomic E-state index is 0.276. The van der Waals surface area contributed by atoms with Gasteiger partial charge in [-0.15, -0.1) is 0 Å². The second-order valence-corrected chi connectivity index (χ2v) is 5.89. The average Bonchev–Trinajstić information content (AvgIpc) is 2.60. The molecule has 2 N–H and O–H groups in total. The van der Waals surface area contributed by atoms with Gasteiger partial charge in [0.1, 0.15) is 5.75 Å². The Labute approximate surface area is 153 Å². The number of carbonyl (C=O) groups excluding carboxylic acids is 2. The van der Waals surface area contributed by atoms with E-state index in [1.54, 1.807) is 32.0 Å². The summed E-state index contributed by atoms with van der Waals surface area (Å²) >= 11 is 0. The highest BCUT2D eigenvalue weighted by molar-refractivity contribution is 5.96. The largest absolute Gasteiger partial charge is 0.481 e. The Morgan fingerprint density at radius 3 is 2.23 bits per heavy atom. The standard InChI is InChI=1S/C20H24N2O4/c1-5-25-20(24)22-18-8-6-7-17(14(18)3)21-19(23)15(4)26-16-11-9-13(2)10-12-16/h6-12,15H,5H2,1-4H3,(H,21,23)(H,22,24). The fourth-order valence-electron chi connectivity index (χ4n) is 2.29. The number of benzene rings is 2. The maximum atomic E-state index is 12.4. The molecule has 0 fully saturated rings. The highest BCUT2D eigenvalue weighted by Gasteiger charge is 2.17. The molecule has 0 bridgehead atoms. The Morgan fingerprint density at radius 1 is 1.00 bits per heavy atom.